The number of carbonyl (C=O) groups is 2. The van der Waals surface area contributed by atoms with E-state index in [-0.39, 0.29) is 30.5 Å². The molecule has 11 nitrogen and oxygen atoms in total. The summed E-state index contributed by atoms with van der Waals surface area (Å²) in [5, 5.41) is 32.9. The van der Waals surface area contributed by atoms with E-state index in [4.69, 9.17) is 13.9 Å². The number of benzene rings is 1. The third-order valence-electron chi connectivity index (χ3n) is 8.10. The number of nitrogens with one attached hydrogen (secondary N) is 1. The third kappa shape index (κ3) is 7.34. The van der Waals surface area contributed by atoms with Crippen LogP contribution < -0.4 is 5.32 Å². The molecule has 4 rings (SSSR count). The molecule has 40 heavy (non-hydrogen) atoms. The maximum Gasteiger partial charge on any atom is 0.475 e. The van der Waals surface area contributed by atoms with Crippen LogP contribution >= 0.6 is 0 Å². The predicted octanol–water partition coefficient (Wildman–Crippen LogP) is 2.10. The number of furan rings is 1. The molecule has 216 valence electrons. The first kappa shape index (κ1) is 29.9. The minimum absolute atomic E-state index is 0.0438. The third-order valence-corrected chi connectivity index (χ3v) is 8.10. The number of para-hydroxylation sites is 1. The van der Waals surface area contributed by atoms with Crippen molar-refractivity contribution >= 4 is 30.1 Å². The summed E-state index contributed by atoms with van der Waals surface area (Å²) < 4.78 is 16.4. The van der Waals surface area contributed by atoms with Crippen molar-refractivity contribution in [2.24, 2.45) is 5.92 Å². The van der Waals surface area contributed by atoms with Gasteiger partial charge in [0.15, 0.2) is 0 Å². The van der Waals surface area contributed by atoms with Crippen molar-refractivity contribution in [3.8, 4) is 6.07 Å². The SMILES string of the molecule is CC(C)(CCC(C#N)C(=O)N1CCC[C@@H]1COC(=O)N[C@@H](Cc1coc2ccccc12)B(O)O)N1CCOCC1. The van der Waals surface area contributed by atoms with Gasteiger partial charge < -0.3 is 34.2 Å². The standard InChI is InChI=1S/C28H39BN4O7/c1-28(2,32-12-14-38-15-13-32)10-9-20(17-30)26(34)33-11-5-6-22(33)19-40-27(35)31-25(29(36)37)16-21-18-39-24-8-4-3-7-23(21)24/h3-4,7-8,18,20,22,25,36-37H,5-6,9-16,19H2,1-2H3,(H,31,35)/t20?,22-,25+/m1/s1. The maximum absolute atomic E-state index is 13.3. The Morgan fingerprint density at radius 2 is 2.00 bits per heavy atom. The van der Waals surface area contributed by atoms with Crippen molar-refractivity contribution in [2.45, 2.75) is 63.5 Å². The van der Waals surface area contributed by atoms with Gasteiger partial charge in [-0.25, -0.2) is 4.79 Å². The van der Waals surface area contributed by atoms with Gasteiger partial charge in [0.2, 0.25) is 5.91 Å². The van der Waals surface area contributed by atoms with E-state index >= 15 is 0 Å². The topological polar surface area (TPSA) is 148 Å². The number of ether oxygens (including phenoxy) is 2. The fourth-order valence-corrected chi connectivity index (χ4v) is 5.59. The summed E-state index contributed by atoms with van der Waals surface area (Å²) in [6.45, 7) is 7.76. The number of carbonyl (C=O) groups excluding carboxylic acids is 2. The van der Waals surface area contributed by atoms with Gasteiger partial charge in [-0.2, -0.15) is 5.26 Å². The molecule has 1 aromatic carbocycles. The summed E-state index contributed by atoms with van der Waals surface area (Å²) >= 11 is 0. The van der Waals surface area contributed by atoms with Crippen LogP contribution in [-0.4, -0.2) is 95.9 Å². The number of likely N-dealkylation sites (tertiary alicyclic amines) is 1. The van der Waals surface area contributed by atoms with Crippen LogP contribution in [-0.2, 0) is 20.7 Å². The molecule has 2 fully saturated rings. The van der Waals surface area contributed by atoms with Crippen LogP contribution in [0.2, 0.25) is 0 Å². The van der Waals surface area contributed by atoms with Crippen molar-refractivity contribution in [1.29, 1.82) is 5.26 Å². The first-order valence-corrected chi connectivity index (χ1v) is 14.0. The molecule has 2 aromatic rings. The Labute approximate surface area is 235 Å². The van der Waals surface area contributed by atoms with Crippen molar-refractivity contribution in [3.05, 3.63) is 36.1 Å². The molecule has 12 heteroatoms. The van der Waals surface area contributed by atoms with Crippen LogP contribution in [0.5, 0.6) is 0 Å². The molecule has 0 saturated carbocycles. The minimum Gasteiger partial charge on any atom is -0.464 e. The van der Waals surface area contributed by atoms with Crippen LogP contribution in [0.1, 0.15) is 45.1 Å². The number of amides is 2. The van der Waals surface area contributed by atoms with Gasteiger partial charge in [0.05, 0.1) is 37.5 Å². The molecule has 3 N–H and O–H groups in total. The number of fused-ring (bicyclic) bond motifs is 1. The number of morpholine rings is 1. The second-order valence-electron chi connectivity index (χ2n) is 11.2. The summed E-state index contributed by atoms with van der Waals surface area (Å²) in [5.74, 6) is -2.02. The number of rotatable bonds is 11. The van der Waals surface area contributed by atoms with Crippen molar-refractivity contribution in [2.75, 3.05) is 39.5 Å². The molecule has 3 heterocycles. The van der Waals surface area contributed by atoms with Gasteiger partial charge >= 0.3 is 13.2 Å². The number of hydrogen-bond acceptors (Lipinski definition) is 9. The van der Waals surface area contributed by atoms with Gasteiger partial charge in [0, 0.05) is 30.6 Å². The van der Waals surface area contributed by atoms with E-state index in [1.54, 1.807) is 11.0 Å². The van der Waals surface area contributed by atoms with Crippen LogP contribution in [0.3, 0.4) is 0 Å². The number of hydrogen-bond donors (Lipinski definition) is 3. The van der Waals surface area contributed by atoms with Gasteiger partial charge in [-0.3, -0.25) is 9.69 Å². The molecule has 0 spiro atoms. The van der Waals surface area contributed by atoms with Gasteiger partial charge in [-0.15, -0.1) is 0 Å². The van der Waals surface area contributed by atoms with Gasteiger partial charge in [-0.05, 0) is 57.6 Å². The molecule has 2 aliphatic rings. The molecule has 2 amide bonds. The normalized spacial score (nSPS) is 19.7. The number of nitrogens with zero attached hydrogens (tertiary/aromatic N) is 3. The van der Waals surface area contributed by atoms with E-state index in [1.165, 1.54) is 6.26 Å². The van der Waals surface area contributed by atoms with E-state index in [2.05, 4.69) is 30.1 Å². The Bertz CT molecular complexity index is 1190. The number of alkyl carbamates (subject to hydrolysis) is 1. The lowest BCUT2D eigenvalue weighted by Crippen LogP contribution is -2.50. The average molecular weight is 554 g/mol. The maximum atomic E-state index is 13.3. The molecular weight excluding hydrogens is 515 g/mol. The molecule has 1 unspecified atom stereocenters. The molecule has 3 atom stereocenters. The molecule has 1 aromatic heterocycles. The molecule has 0 bridgehead atoms. The molecule has 2 saturated heterocycles. The zero-order valence-electron chi connectivity index (χ0n) is 23.3. The van der Waals surface area contributed by atoms with Crippen LogP contribution in [0, 0.1) is 17.2 Å². The largest absolute Gasteiger partial charge is 0.475 e. The first-order chi connectivity index (χ1) is 19.2. The lowest BCUT2D eigenvalue weighted by molar-refractivity contribution is -0.135. The van der Waals surface area contributed by atoms with Crippen molar-refractivity contribution in [1.82, 2.24) is 15.1 Å². The highest BCUT2D eigenvalue weighted by Gasteiger charge is 2.36. The second kappa shape index (κ2) is 13.5. The zero-order valence-corrected chi connectivity index (χ0v) is 23.3. The summed E-state index contributed by atoms with van der Waals surface area (Å²) in [7, 11) is -1.82. The van der Waals surface area contributed by atoms with Crippen molar-refractivity contribution in [3.63, 3.8) is 0 Å². The Kier molecular flexibility index (Phi) is 10.1. The van der Waals surface area contributed by atoms with E-state index in [9.17, 15) is 24.9 Å². The Morgan fingerprint density at radius 3 is 2.73 bits per heavy atom. The summed E-state index contributed by atoms with van der Waals surface area (Å²) in [4.78, 5) is 29.9. The first-order valence-electron chi connectivity index (χ1n) is 14.0. The molecule has 0 aliphatic carbocycles. The Balaban J connectivity index is 1.28. The molecular formula is C28H39BN4O7. The van der Waals surface area contributed by atoms with E-state index in [1.807, 2.05) is 18.2 Å². The molecule has 0 radical (unpaired) electrons. The lowest BCUT2D eigenvalue weighted by atomic mass is 9.76. The predicted molar refractivity (Wildman–Crippen MR) is 148 cm³/mol. The van der Waals surface area contributed by atoms with Gasteiger partial charge in [-0.1, -0.05) is 18.2 Å². The fraction of sp³-hybridized carbons (Fsp3) is 0.607. The summed E-state index contributed by atoms with van der Waals surface area (Å²) in [6.07, 6.45) is 3.40. The van der Waals surface area contributed by atoms with E-state index < -0.39 is 25.1 Å². The van der Waals surface area contributed by atoms with E-state index in [0.29, 0.717) is 44.6 Å². The smallest absolute Gasteiger partial charge is 0.464 e. The highest BCUT2D eigenvalue weighted by Crippen LogP contribution is 2.27. The average Bonchev–Trinajstić information content (AvgIpc) is 3.59. The lowest BCUT2D eigenvalue weighted by Gasteiger charge is -2.41. The highest BCUT2D eigenvalue weighted by molar-refractivity contribution is 6.43. The quantitative estimate of drug-likeness (QED) is 0.355. The van der Waals surface area contributed by atoms with Crippen LogP contribution in [0.15, 0.2) is 34.9 Å². The van der Waals surface area contributed by atoms with Gasteiger partial charge in [0.1, 0.15) is 18.1 Å². The number of nitriles is 1. The Hall–Kier alpha value is -3.11. The van der Waals surface area contributed by atoms with Crippen LogP contribution in [0.4, 0.5) is 4.79 Å². The van der Waals surface area contributed by atoms with Crippen LogP contribution in [0.25, 0.3) is 11.0 Å². The summed E-state index contributed by atoms with van der Waals surface area (Å²) in [5.41, 5.74) is 1.24. The van der Waals surface area contributed by atoms with Crippen molar-refractivity contribution < 1.29 is 33.5 Å². The van der Waals surface area contributed by atoms with E-state index in [0.717, 1.165) is 30.5 Å². The zero-order chi connectivity index (χ0) is 28.7. The summed E-state index contributed by atoms with van der Waals surface area (Å²) in [6, 6.07) is 9.21. The van der Waals surface area contributed by atoms with Gasteiger partial charge in [0.25, 0.3) is 0 Å². The highest BCUT2D eigenvalue weighted by atomic mass is 16.5. The minimum atomic E-state index is -1.82. The second-order valence-corrected chi connectivity index (χ2v) is 11.2. The Morgan fingerprint density at radius 1 is 1.25 bits per heavy atom. The molecule has 2 aliphatic heterocycles. The fourth-order valence-electron chi connectivity index (χ4n) is 5.59. The monoisotopic (exact) mass is 554 g/mol.